The fourth-order valence-electron chi connectivity index (χ4n) is 2.25. The number of nitrogens with zero attached hydrogens (tertiary/aromatic N) is 3. The molecule has 1 N–H and O–H groups in total. The van der Waals surface area contributed by atoms with E-state index in [1.807, 2.05) is 48.5 Å². The first-order valence-corrected chi connectivity index (χ1v) is 8.23. The predicted octanol–water partition coefficient (Wildman–Crippen LogP) is 2.86. The molecule has 0 radical (unpaired) electrons. The molecular formula is C17H15IN4O. The Balaban J connectivity index is 1.68. The normalized spacial score (nSPS) is 10.5. The lowest BCUT2D eigenvalue weighted by Gasteiger charge is -2.11. The van der Waals surface area contributed by atoms with E-state index >= 15 is 0 Å². The van der Waals surface area contributed by atoms with Gasteiger partial charge in [0.2, 0.25) is 0 Å². The molecule has 0 fully saturated rings. The number of carbonyl (C=O) groups excluding carboxylic acids is 1. The zero-order valence-corrected chi connectivity index (χ0v) is 14.5. The van der Waals surface area contributed by atoms with Gasteiger partial charge < -0.3 is 5.32 Å². The highest BCUT2D eigenvalue weighted by molar-refractivity contribution is 14.1. The van der Waals surface area contributed by atoms with Crippen molar-refractivity contribution in [2.24, 2.45) is 0 Å². The highest BCUT2D eigenvalue weighted by atomic mass is 127. The second kappa shape index (κ2) is 7.36. The van der Waals surface area contributed by atoms with Gasteiger partial charge in [0.25, 0.3) is 5.91 Å². The van der Waals surface area contributed by atoms with Crippen molar-refractivity contribution in [1.29, 1.82) is 0 Å². The summed E-state index contributed by atoms with van der Waals surface area (Å²) in [6, 6.07) is 15.5. The summed E-state index contributed by atoms with van der Waals surface area (Å²) in [5, 5.41) is 7.09. The summed E-state index contributed by atoms with van der Waals surface area (Å²) in [6.07, 6.45) is 3.20. The van der Waals surface area contributed by atoms with Gasteiger partial charge in [-0.1, -0.05) is 24.3 Å². The van der Waals surface area contributed by atoms with Gasteiger partial charge in [-0.25, -0.2) is 9.67 Å². The molecule has 3 aromatic rings. The summed E-state index contributed by atoms with van der Waals surface area (Å²) >= 11 is 2.22. The van der Waals surface area contributed by atoms with Gasteiger partial charge in [-0.3, -0.25) is 4.79 Å². The Kier molecular flexibility index (Phi) is 5.02. The molecule has 1 amide bonds. The third-order valence-electron chi connectivity index (χ3n) is 3.46. The number of aromatic nitrogens is 3. The van der Waals surface area contributed by atoms with Gasteiger partial charge in [0.1, 0.15) is 12.7 Å². The van der Waals surface area contributed by atoms with E-state index < -0.39 is 0 Å². The van der Waals surface area contributed by atoms with Gasteiger partial charge in [0, 0.05) is 15.7 Å². The van der Waals surface area contributed by atoms with Crippen LogP contribution in [0.2, 0.25) is 0 Å². The van der Waals surface area contributed by atoms with Crippen molar-refractivity contribution in [3.8, 4) is 0 Å². The standard InChI is InChI=1S/C17H15IN4O/c18-16-7-5-13(6-8-16)17(23)20-9-14-3-1-2-4-15(14)10-22-12-19-11-21-22/h1-8,11-12H,9-10H2,(H,20,23). The molecule has 1 aromatic heterocycles. The number of amides is 1. The van der Waals surface area contributed by atoms with Crippen molar-refractivity contribution in [2.45, 2.75) is 13.1 Å². The summed E-state index contributed by atoms with van der Waals surface area (Å²) < 4.78 is 2.87. The molecule has 0 saturated carbocycles. The molecule has 0 bridgehead atoms. The highest BCUT2D eigenvalue weighted by Gasteiger charge is 2.07. The summed E-state index contributed by atoms with van der Waals surface area (Å²) in [7, 11) is 0. The van der Waals surface area contributed by atoms with E-state index in [4.69, 9.17) is 0 Å². The molecular weight excluding hydrogens is 403 g/mol. The number of nitrogens with one attached hydrogen (secondary N) is 1. The molecule has 0 atom stereocenters. The number of hydrogen-bond acceptors (Lipinski definition) is 3. The Morgan fingerprint density at radius 3 is 2.52 bits per heavy atom. The Morgan fingerprint density at radius 2 is 1.83 bits per heavy atom. The van der Waals surface area contributed by atoms with Gasteiger partial charge in [-0.15, -0.1) is 0 Å². The first kappa shape index (κ1) is 15.7. The number of halogens is 1. The average Bonchev–Trinajstić information content (AvgIpc) is 3.07. The van der Waals surface area contributed by atoms with E-state index in [0.717, 1.165) is 14.7 Å². The molecule has 3 rings (SSSR count). The zero-order valence-electron chi connectivity index (χ0n) is 12.3. The first-order chi connectivity index (χ1) is 11.2. The quantitative estimate of drug-likeness (QED) is 0.649. The molecule has 0 aliphatic carbocycles. The van der Waals surface area contributed by atoms with Crippen molar-refractivity contribution in [3.05, 3.63) is 81.4 Å². The number of rotatable bonds is 5. The van der Waals surface area contributed by atoms with Gasteiger partial charge in [-0.05, 0) is 58.0 Å². The maximum atomic E-state index is 12.2. The average molecular weight is 418 g/mol. The molecule has 0 aliphatic heterocycles. The SMILES string of the molecule is O=C(NCc1ccccc1Cn1cncn1)c1ccc(I)cc1. The lowest BCUT2D eigenvalue weighted by molar-refractivity contribution is 0.0951. The van der Waals surface area contributed by atoms with E-state index in [1.165, 1.54) is 6.33 Å². The monoisotopic (exact) mass is 418 g/mol. The topological polar surface area (TPSA) is 59.8 Å². The maximum absolute atomic E-state index is 12.2. The molecule has 2 aromatic carbocycles. The molecule has 0 saturated heterocycles. The van der Waals surface area contributed by atoms with Crippen LogP contribution < -0.4 is 5.32 Å². The van der Waals surface area contributed by atoms with Crippen LogP contribution in [0.15, 0.2) is 61.2 Å². The predicted molar refractivity (Wildman–Crippen MR) is 95.9 cm³/mol. The smallest absolute Gasteiger partial charge is 0.251 e. The summed E-state index contributed by atoms with van der Waals surface area (Å²) in [6.45, 7) is 1.12. The molecule has 6 heteroatoms. The Bertz CT molecular complexity index is 785. The Hall–Kier alpha value is -2.22. The Labute approximate surface area is 147 Å². The minimum absolute atomic E-state index is 0.0723. The fraction of sp³-hybridized carbons (Fsp3) is 0.118. The van der Waals surface area contributed by atoms with Crippen molar-refractivity contribution in [3.63, 3.8) is 0 Å². The van der Waals surface area contributed by atoms with Crippen LogP contribution in [0.25, 0.3) is 0 Å². The van der Waals surface area contributed by atoms with Crippen LogP contribution in [0.1, 0.15) is 21.5 Å². The fourth-order valence-corrected chi connectivity index (χ4v) is 2.61. The first-order valence-electron chi connectivity index (χ1n) is 7.15. The van der Waals surface area contributed by atoms with Crippen LogP contribution in [0.3, 0.4) is 0 Å². The third kappa shape index (κ3) is 4.16. The summed E-state index contributed by atoms with van der Waals surface area (Å²) in [5.74, 6) is -0.0723. The zero-order chi connectivity index (χ0) is 16.1. The van der Waals surface area contributed by atoms with Crippen LogP contribution >= 0.6 is 22.6 Å². The maximum Gasteiger partial charge on any atom is 0.251 e. The third-order valence-corrected chi connectivity index (χ3v) is 4.18. The van der Waals surface area contributed by atoms with Crippen molar-refractivity contribution in [2.75, 3.05) is 0 Å². The van der Waals surface area contributed by atoms with Crippen molar-refractivity contribution >= 4 is 28.5 Å². The molecule has 1 heterocycles. The van der Waals surface area contributed by atoms with Crippen molar-refractivity contribution in [1.82, 2.24) is 20.1 Å². The second-order valence-electron chi connectivity index (χ2n) is 5.05. The molecule has 5 nitrogen and oxygen atoms in total. The van der Waals surface area contributed by atoms with Crippen LogP contribution in [0, 0.1) is 3.57 Å². The molecule has 116 valence electrons. The second-order valence-corrected chi connectivity index (χ2v) is 6.30. The van der Waals surface area contributed by atoms with Crippen LogP contribution in [0.4, 0.5) is 0 Å². The minimum Gasteiger partial charge on any atom is -0.348 e. The molecule has 0 aliphatic rings. The molecule has 0 spiro atoms. The molecule has 0 unspecified atom stereocenters. The highest BCUT2D eigenvalue weighted by Crippen LogP contribution is 2.11. The number of carbonyl (C=O) groups is 1. The van der Waals surface area contributed by atoms with E-state index in [2.05, 4.69) is 38.0 Å². The summed E-state index contributed by atoms with van der Waals surface area (Å²) in [4.78, 5) is 16.2. The van der Waals surface area contributed by atoms with Crippen LogP contribution in [-0.4, -0.2) is 20.7 Å². The van der Waals surface area contributed by atoms with Gasteiger partial charge in [-0.2, -0.15) is 5.10 Å². The van der Waals surface area contributed by atoms with Gasteiger partial charge >= 0.3 is 0 Å². The van der Waals surface area contributed by atoms with Gasteiger partial charge in [0.15, 0.2) is 0 Å². The minimum atomic E-state index is -0.0723. The van der Waals surface area contributed by atoms with Crippen LogP contribution in [0.5, 0.6) is 0 Å². The van der Waals surface area contributed by atoms with Crippen LogP contribution in [-0.2, 0) is 13.1 Å². The van der Waals surface area contributed by atoms with Crippen molar-refractivity contribution < 1.29 is 4.79 Å². The number of benzene rings is 2. The van der Waals surface area contributed by atoms with E-state index in [-0.39, 0.29) is 5.91 Å². The van der Waals surface area contributed by atoms with E-state index in [9.17, 15) is 4.79 Å². The Morgan fingerprint density at radius 1 is 1.09 bits per heavy atom. The number of hydrogen-bond donors (Lipinski definition) is 1. The lowest BCUT2D eigenvalue weighted by Crippen LogP contribution is -2.23. The van der Waals surface area contributed by atoms with Gasteiger partial charge in [0.05, 0.1) is 6.54 Å². The largest absolute Gasteiger partial charge is 0.348 e. The van der Waals surface area contributed by atoms with E-state index in [0.29, 0.717) is 18.7 Å². The lowest BCUT2D eigenvalue weighted by atomic mass is 10.1. The molecule has 23 heavy (non-hydrogen) atoms. The summed E-state index contributed by atoms with van der Waals surface area (Å²) in [5.41, 5.74) is 2.85. The van der Waals surface area contributed by atoms with E-state index in [1.54, 1.807) is 11.0 Å².